The van der Waals surface area contributed by atoms with Gasteiger partial charge in [-0.05, 0) is 74.3 Å². The molecule has 0 aliphatic rings. The fourth-order valence-corrected chi connectivity index (χ4v) is 3.13. The minimum Gasteiger partial charge on any atom is -0.320 e. The number of allylic oxidation sites excluding steroid dienone is 10. The Hall–Kier alpha value is -1.60. The maximum Gasteiger partial charge on any atom is -0.00464 e. The molecule has 2 atom stereocenters. The van der Waals surface area contributed by atoms with Crippen molar-refractivity contribution in [1.82, 2.24) is 5.32 Å². The highest BCUT2D eigenvalue weighted by Crippen LogP contribution is 2.31. The van der Waals surface area contributed by atoms with E-state index in [-0.39, 0.29) is 0 Å². The van der Waals surface area contributed by atoms with Crippen LogP contribution in [0, 0.1) is 17.8 Å². The monoisotopic (exact) mass is 383 g/mol. The predicted molar refractivity (Wildman–Crippen MR) is 130 cm³/mol. The zero-order valence-electron chi connectivity index (χ0n) is 19.6. The molecule has 158 valence electrons. The summed E-state index contributed by atoms with van der Waals surface area (Å²) in [5.41, 5.74) is 5.41. The second-order valence-corrected chi connectivity index (χ2v) is 8.27. The van der Waals surface area contributed by atoms with Crippen molar-refractivity contribution >= 4 is 0 Å². The van der Waals surface area contributed by atoms with E-state index < -0.39 is 0 Å². The molecule has 0 aromatic heterocycles. The zero-order valence-corrected chi connectivity index (χ0v) is 19.6. The lowest BCUT2D eigenvalue weighted by atomic mass is 9.83. The third-order valence-electron chi connectivity index (χ3n) is 5.21. The van der Waals surface area contributed by atoms with E-state index in [2.05, 4.69) is 90.4 Å². The molecule has 1 nitrogen and oxygen atoms in total. The van der Waals surface area contributed by atoms with Crippen LogP contribution in [0.15, 0.2) is 71.9 Å². The van der Waals surface area contributed by atoms with Crippen LogP contribution in [0.5, 0.6) is 0 Å². The second-order valence-electron chi connectivity index (χ2n) is 8.27. The second kappa shape index (κ2) is 15.3. The first-order valence-electron chi connectivity index (χ1n) is 11.0. The molecule has 0 aliphatic heterocycles. The maximum absolute atomic E-state index is 4.52. The van der Waals surface area contributed by atoms with Gasteiger partial charge in [-0.3, -0.25) is 0 Å². The Labute approximate surface area is 176 Å². The molecule has 0 radical (unpaired) electrons. The highest BCUT2D eigenvalue weighted by Gasteiger charge is 2.15. The number of rotatable bonds is 14. The lowest BCUT2D eigenvalue weighted by molar-refractivity contribution is 0.609. The first kappa shape index (κ1) is 26.4. The summed E-state index contributed by atoms with van der Waals surface area (Å²) in [6.07, 6.45) is 17.6. The molecular formula is C27H45N. The smallest absolute Gasteiger partial charge is 0.00464 e. The Morgan fingerprint density at radius 3 is 2.36 bits per heavy atom. The van der Waals surface area contributed by atoms with Crippen molar-refractivity contribution in [3.8, 4) is 0 Å². The van der Waals surface area contributed by atoms with Crippen LogP contribution in [0.2, 0.25) is 0 Å². The summed E-state index contributed by atoms with van der Waals surface area (Å²) in [6, 6.07) is 0. The van der Waals surface area contributed by atoms with Crippen molar-refractivity contribution in [2.24, 2.45) is 17.8 Å². The third kappa shape index (κ3) is 10.7. The predicted octanol–water partition coefficient (Wildman–Crippen LogP) is 7.81. The number of nitrogens with one attached hydrogen (secondary N) is 1. The van der Waals surface area contributed by atoms with Gasteiger partial charge in [0.2, 0.25) is 0 Å². The Kier molecular flexibility index (Phi) is 14.5. The molecule has 2 unspecified atom stereocenters. The van der Waals surface area contributed by atoms with Crippen LogP contribution in [-0.4, -0.2) is 13.6 Å². The van der Waals surface area contributed by atoms with Crippen molar-refractivity contribution in [3.05, 3.63) is 71.9 Å². The van der Waals surface area contributed by atoms with Gasteiger partial charge in [0, 0.05) is 0 Å². The fraction of sp³-hybridized carbons (Fsp3) is 0.556. The largest absolute Gasteiger partial charge is 0.320 e. The van der Waals surface area contributed by atoms with Crippen molar-refractivity contribution in [1.29, 1.82) is 0 Å². The van der Waals surface area contributed by atoms with E-state index in [1.54, 1.807) is 0 Å². The summed E-state index contributed by atoms with van der Waals surface area (Å²) in [5.74, 6) is 1.53. The van der Waals surface area contributed by atoms with Gasteiger partial charge in [-0.15, -0.1) is 0 Å². The van der Waals surface area contributed by atoms with Crippen LogP contribution in [0.25, 0.3) is 0 Å². The molecule has 0 saturated carbocycles. The molecule has 0 rings (SSSR count). The summed E-state index contributed by atoms with van der Waals surface area (Å²) >= 11 is 0. The van der Waals surface area contributed by atoms with Gasteiger partial charge in [0.25, 0.3) is 0 Å². The Morgan fingerprint density at radius 1 is 1.14 bits per heavy atom. The van der Waals surface area contributed by atoms with Gasteiger partial charge in [0.1, 0.15) is 0 Å². The van der Waals surface area contributed by atoms with Gasteiger partial charge in [0.05, 0.1) is 0 Å². The number of hydrogen-bond acceptors (Lipinski definition) is 1. The summed E-state index contributed by atoms with van der Waals surface area (Å²) in [7, 11) is 2.02. The van der Waals surface area contributed by atoms with Crippen molar-refractivity contribution < 1.29 is 0 Å². The van der Waals surface area contributed by atoms with Gasteiger partial charge in [0.15, 0.2) is 0 Å². The lowest BCUT2D eigenvalue weighted by Gasteiger charge is -2.22. The SMILES string of the molecule is C=C/C(C)=C\C=C/CC(C)C(=C)/C(CCC)=C(/C=C/C(C)CCNC)C(C)C. The van der Waals surface area contributed by atoms with Crippen LogP contribution in [0.4, 0.5) is 0 Å². The van der Waals surface area contributed by atoms with E-state index in [4.69, 9.17) is 0 Å². The van der Waals surface area contributed by atoms with Gasteiger partial charge >= 0.3 is 0 Å². The zero-order chi connectivity index (χ0) is 21.5. The molecule has 0 aliphatic carbocycles. The van der Waals surface area contributed by atoms with Crippen LogP contribution >= 0.6 is 0 Å². The molecule has 1 heteroatoms. The highest BCUT2D eigenvalue weighted by molar-refractivity contribution is 5.41. The van der Waals surface area contributed by atoms with Gasteiger partial charge in [-0.1, -0.05) is 96.2 Å². The van der Waals surface area contributed by atoms with Crippen molar-refractivity contribution in [2.45, 2.75) is 67.2 Å². The van der Waals surface area contributed by atoms with Crippen LogP contribution in [-0.2, 0) is 0 Å². The first-order valence-corrected chi connectivity index (χ1v) is 11.0. The average Bonchev–Trinajstić information content (AvgIpc) is 2.67. The number of hydrogen-bond donors (Lipinski definition) is 1. The summed E-state index contributed by atoms with van der Waals surface area (Å²) in [6.45, 7) is 22.9. The molecule has 0 bridgehead atoms. The quantitative estimate of drug-likeness (QED) is 0.302. The molecule has 0 spiro atoms. The highest BCUT2D eigenvalue weighted by atomic mass is 14.8. The molecule has 28 heavy (non-hydrogen) atoms. The van der Waals surface area contributed by atoms with Crippen molar-refractivity contribution in [2.75, 3.05) is 13.6 Å². The first-order chi connectivity index (χ1) is 13.3. The van der Waals surface area contributed by atoms with E-state index in [1.165, 1.54) is 28.7 Å². The topological polar surface area (TPSA) is 12.0 Å². The van der Waals surface area contributed by atoms with Crippen molar-refractivity contribution in [3.63, 3.8) is 0 Å². The molecule has 0 saturated heterocycles. The van der Waals surface area contributed by atoms with Gasteiger partial charge < -0.3 is 5.32 Å². The van der Waals surface area contributed by atoms with E-state index >= 15 is 0 Å². The van der Waals surface area contributed by atoms with E-state index in [9.17, 15) is 0 Å². The fourth-order valence-electron chi connectivity index (χ4n) is 3.13. The standard InChI is InChI=1S/C27H45N/c1-10-14-27(25(8)24(7)16-13-12-15-22(5)11-2)26(21(3)4)18-17-23(6)19-20-28-9/h11-13,15,17-18,21,23-24,28H,2,8,10,14,16,19-20H2,1,3-7,9H3/b13-12-,18-17+,22-15-,27-26-. The average molecular weight is 384 g/mol. The minimum atomic E-state index is 0.444. The van der Waals surface area contributed by atoms with Gasteiger partial charge in [-0.25, -0.2) is 0 Å². The molecule has 1 N–H and O–H groups in total. The van der Waals surface area contributed by atoms with Crippen LogP contribution in [0.3, 0.4) is 0 Å². The van der Waals surface area contributed by atoms with Crippen LogP contribution in [0.1, 0.15) is 67.2 Å². The van der Waals surface area contributed by atoms with Gasteiger partial charge in [-0.2, -0.15) is 0 Å². The summed E-state index contributed by atoms with van der Waals surface area (Å²) in [4.78, 5) is 0. The van der Waals surface area contributed by atoms with E-state index in [0.29, 0.717) is 17.8 Å². The molecular weight excluding hydrogens is 338 g/mol. The summed E-state index contributed by atoms with van der Waals surface area (Å²) < 4.78 is 0. The molecule has 0 fully saturated rings. The minimum absolute atomic E-state index is 0.444. The Bertz CT molecular complexity index is 583. The molecule has 0 amide bonds. The Balaban J connectivity index is 5.47. The third-order valence-corrected chi connectivity index (χ3v) is 5.21. The maximum atomic E-state index is 4.52. The lowest BCUT2D eigenvalue weighted by Crippen LogP contribution is -2.10. The Morgan fingerprint density at radius 2 is 1.82 bits per heavy atom. The van der Waals surface area contributed by atoms with Crippen LogP contribution < -0.4 is 5.32 Å². The van der Waals surface area contributed by atoms with E-state index in [1.807, 2.05) is 13.1 Å². The normalized spacial score (nSPS) is 15.9. The molecule has 0 aromatic rings. The molecule has 0 aromatic carbocycles. The van der Waals surface area contributed by atoms with E-state index in [0.717, 1.165) is 25.8 Å². The molecule has 0 heterocycles. The summed E-state index contributed by atoms with van der Waals surface area (Å²) in [5, 5.41) is 3.24.